The molecule has 0 spiro atoms. The molecule has 0 N–H and O–H groups in total. The van der Waals surface area contributed by atoms with Gasteiger partial charge in [0.25, 0.3) is 0 Å². The largest absolute Gasteiger partial charge is 0.310 e. The molecule has 16 aromatic carbocycles. The van der Waals surface area contributed by atoms with Crippen molar-refractivity contribution in [2.45, 2.75) is 6.42 Å². The van der Waals surface area contributed by atoms with E-state index in [0.717, 1.165) is 96.9 Å². The van der Waals surface area contributed by atoms with E-state index in [1.807, 2.05) is 0 Å². The fourth-order valence-corrected chi connectivity index (χ4v) is 13.4. The molecule has 4 heteroatoms. The van der Waals surface area contributed by atoms with Gasteiger partial charge in [-0.1, -0.05) is 255 Å². The number of hydrogen-bond acceptors (Lipinski definition) is 4. The summed E-state index contributed by atoms with van der Waals surface area (Å²) in [4.78, 5) is 9.51. The Balaban J connectivity index is 0.668. The third-order valence-corrected chi connectivity index (χ3v) is 18.0. The predicted octanol–water partition coefficient (Wildman–Crippen LogP) is 25.1. The zero-order chi connectivity index (χ0) is 61.9. The van der Waals surface area contributed by atoms with Crippen LogP contribution in [0.5, 0.6) is 0 Å². The first-order chi connectivity index (χ1) is 46.1. The lowest BCUT2D eigenvalue weighted by atomic mass is 10.0. The molecule has 0 heterocycles. The summed E-state index contributed by atoms with van der Waals surface area (Å²) < 4.78 is 0. The van der Waals surface area contributed by atoms with E-state index in [1.165, 1.54) is 54.2 Å². The van der Waals surface area contributed by atoms with Crippen LogP contribution < -0.4 is 19.6 Å². The first-order valence-corrected chi connectivity index (χ1v) is 31.9. The quantitative estimate of drug-likeness (QED) is 0.0956. The Bertz CT molecular complexity index is 4910. The van der Waals surface area contributed by atoms with Gasteiger partial charge in [-0.15, -0.1) is 0 Å². The number of hydrogen-bond donors (Lipinski definition) is 0. The lowest BCUT2D eigenvalue weighted by molar-refractivity contribution is 1.18. The summed E-state index contributed by atoms with van der Waals surface area (Å²) in [5.74, 6) is 0. The second kappa shape index (κ2) is 25.0. The summed E-state index contributed by atoms with van der Waals surface area (Å²) >= 11 is 0. The van der Waals surface area contributed by atoms with E-state index < -0.39 is 0 Å². The van der Waals surface area contributed by atoms with E-state index in [1.54, 1.807) is 0 Å². The van der Waals surface area contributed by atoms with Crippen molar-refractivity contribution in [2.75, 3.05) is 19.6 Å². The van der Waals surface area contributed by atoms with Crippen LogP contribution in [0.25, 0.3) is 65.3 Å². The van der Waals surface area contributed by atoms with E-state index >= 15 is 0 Å². The molecule has 16 aromatic rings. The third-order valence-electron chi connectivity index (χ3n) is 18.0. The highest BCUT2D eigenvalue weighted by atomic mass is 15.2. The molecule has 0 saturated heterocycles. The van der Waals surface area contributed by atoms with E-state index in [4.69, 9.17) is 0 Å². The third kappa shape index (κ3) is 11.2. The molecular weight excluding hydrogens is 1130 g/mol. The molecule has 0 aliphatic carbocycles. The molecule has 4 nitrogen and oxygen atoms in total. The standard InChI is InChI=1S/C89H64N4/c1-3-27-74(28-4-1)90(86-35-15-23-70-19-7-11-31-82(70)86)78-55-43-66(44-56-78)68-47-59-80(60-48-68)92(88-37-17-25-72-21-9-13-33-84(72)88)76-51-39-64(40-52-76)63-65-41-53-77(54-42-65)93(89-38-18-26-73-22-10-14-34-85(73)89)81-61-49-69(50-62-81)67-45-57-79(58-46-67)91(75-29-5-2-6-30-75)87-36-16-24-71-20-8-12-32-83(71)87/h1-62H,63H2. The average Bonchev–Trinajstić information content (AvgIpc) is 1.87. The van der Waals surface area contributed by atoms with Crippen molar-refractivity contribution in [2.24, 2.45) is 0 Å². The molecule has 0 aliphatic rings. The van der Waals surface area contributed by atoms with E-state index in [2.05, 4.69) is 396 Å². The highest BCUT2D eigenvalue weighted by Crippen LogP contribution is 2.45. The normalized spacial score (nSPS) is 11.3. The maximum Gasteiger partial charge on any atom is 0.0540 e. The topological polar surface area (TPSA) is 13.0 Å². The van der Waals surface area contributed by atoms with Gasteiger partial charge in [0.15, 0.2) is 0 Å². The van der Waals surface area contributed by atoms with Gasteiger partial charge in [0, 0.05) is 67.0 Å². The minimum Gasteiger partial charge on any atom is -0.310 e. The number of rotatable bonds is 16. The van der Waals surface area contributed by atoms with Crippen molar-refractivity contribution in [1.29, 1.82) is 0 Å². The molecular formula is C89H64N4. The van der Waals surface area contributed by atoms with E-state index in [-0.39, 0.29) is 0 Å². The van der Waals surface area contributed by atoms with Crippen LogP contribution in [0.3, 0.4) is 0 Å². The van der Waals surface area contributed by atoms with Crippen molar-refractivity contribution in [1.82, 2.24) is 0 Å². The Morgan fingerprint density at radius 2 is 0.344 bits per heavy atom. The molecule has 0 bridgehead atoms. The SMILES string of the molecule is c1ccc(N(c2ccc(-c3ccc(N(c4ccc(Cc5ccc(N(c6ccc(-c7ccc(N(c8ccccc8)c8cccc9ccccc89)cc7)cc6)c6cccc7ccccc67)cc5)cc4)c4cccc5ccccc45)cc3)cc2)c2cccc3ccccc23)cc1. The molecule has 0 aromatic heterocycles. The first kappa shape index (κ1) is 56.0. The predicted molar refractivity (Wildman–Crippen MR) is 395 cm³/mol. The zero-order valence-corrected chi connectivity index (χ0v) is 51.3. The lowest BCUT2D eigenvalue weighted by Gasteiger charge is -2.28. The van der Waals surface area contributed by atoms with Crippen LogP contribution >= 0.6 is 0 Å². The van der Waals surface area contributed by atoms with Crippen molar-refractivity contribution >= 4 is 111 Å². The number of para-hydroxylation sites is 2. The number of benzene rings is 16. The molecule has 440 valence electrons. The highest BCUT2D eigenvalue weighted by molar-refractivity contribution is 6.03. The Morgan fingerprint density at radius 1 is 0.151 bits per heavy atom. The van der Waals surface area contributed by atoms with Crippen LogP contribution in [0.2, 0.25) is 0 Å². The summed E-state index contributed by atoms with van der Waals surface area (Å²) in [7, 11) is 0. The van der Waals surface area contributed by atoms with Gasteiger partial charge in [-0.3, -0.25) is 0 Å². The molecule has 93 heavy (non-hydrogen) atoms. The van der Waals surface area contributed by atoms with Crippen molar-refractivity contribution < 1.29 is 0 Å². The van der Waals surface area contributed by atoms with Gasteiger partial charge in [-0.2, -0.15) is 0 Å². The molecule has 0 atom stereocenters. The molecule has 0 amide bonds. The van der Waals surface area contributed by atoms with Gasteiger partial charge >= 0.3 is 0 Å². The summed E-state index contributed by atoms with van der Waals surface area (Å²) in [6.07, 6.45) is 0.792. The monoisotopic (exact) mass is 1190 g/mol. The molecule has 16 rings (SSSR count). The van der Waals surface area contributed by atoms with Crippen LogP contribution in [-0.2, 0) is 6.42 Å². The van der Waals surface area contributed by atoms with Gasteiger partial charge in [0.1, 0.15) is 0 Å². The van der Waals surface area contributed by atoms with Gasteiger partial charge < -0.3 is 19.6 Å². The lowest BCUT2D eigenvalue weighted by Crippen LogP contribution is -2.11. The van der Waals surface area contributed by atoms with Crippen LogP contribution in [-0.4, -0.2) is 0 Å². The van der Waals surface area contributed by atoms with Crippen LogP contribution in [0.1, 0.15) is 11.1 Å². The average molecular weight is 1190 g/mol. The Hall–Kier alpha value is -12.2. The minimum absolute atomic E-state index is 0.792. The van der Waals surface area contributed by atoms with Gasteiger partial charge in [0.2, 0.25) is 0 Å². The second-order valence-corrected chi connectivity index (χ2v) is 23.7. The smallest absolute Gasteiger partial charge is 0.0540 e. The minimum atomic E-state index is 0.792. The number of anilines is 12. The van der Waals surface area contributed by atoms with Crippen LogP contribution in [0.4, 0.5) is 68.2 Å². The zero-order valence-electron chi connectivity index (χ0n) is 51.3. The Kier molecular flexibility index (Phi) is 15.0. The Labute approximate surface area is 543 Å². The van der Waals surface area contributed by atoms with Crippen LogP contribution in [0.15, 0.2) is 376 Å². The van der Waals surface area contributed by atoms with Crippen molar-refractivity contribution in [3.05, 3.63) is 387 Å². The molecule has 0 fully saturated rings. The maximum absolute atomic E-state index is 2.40. The van der Waals surface area contributed by atoms with E-state index in [9.17, 15) is 0 Å². The molecule has 0 saturated carbocycles. The Morgan fingerprint density at radius 3 is 0.591 bits per heavy atom. The summed E-state index contributed by atoms with van der Waals surface area (Å²) in [5, 5.41) is 9.64. The summed E-state index contributed by atoms with van der Waals surface area (Å²) in [5.41, 5.74) is 20.5. The first-order valence-electron chi connectivity index (χ1n) is 31.9. The fraction of sp³-hybridized carbons (Fsp3) is 0.0112. The van der Waals surface area contributed by atoms with Crippen LogP contribution in [0, 0.1) is 0 Å². The second-order valence-electron chi connectivity index (χ2n) is 23.7. The fourth-order valence-electron chi connectivity index (χ4n) is 13.4. The molecule has 0 aliphatic heterocycles. The number of fused-ring (bicyclic) bond motifs is 4. The maximum atomic E-state index is 2.40. The molecule has 0 radical (unpaired) electrons. The number of nitrogens with zero attached hydrogens (tertiary/aromatic N) is 4. The van der Waals surface area contributed by atoms with Gasteiger partial charge in [0.05, 0.1) is 22.7 Å². The molecule has 0 unspecified atom stereocenters. The summed E-state index contributed by atoms with van der Waals surface area (Å²) in [6, 6.07) is 136. The highest BCUT2D eigenvalue weighted by Gasteiger charge is 2.21. The summed E-state index contributed by atoms with van der Waals surface area (Å²) in [6.45, 7) is 0. The van der Waals surface area contributed by atoms with Gasteiger partial charge in [-0.25, -0.2) is 0 Å². The van der Waals surface area contributed by atoms with Crippen molar-refractivity contribution in [3.8, 4) is 22.3 Å². The van der Waals surface area contributed by atoms with Crippen molar-refractivity contribution in [3.63, 3.8) is 0 Å². The van der Waals surface area contributed by atoms with Gasteiger partial charge in [-0.05, 0) is 183 Å². The van der Waals surface area contributed by atoms with E-state index in [0.29, 0.717) is 0 Å².